The fourth-order valence-electron chi connectivity index (χ4n) is 3.92. The second-order valence-electron chi connectivity index (χ2n) is 7.24. The van der Waals surface area contributed by atoms with Gasteiger partial charge in [0.2, 0.25) is 10.0 Å². The van der Waals surface area contributed by atoms with Gasteiger partial charge in [-0.25, -0.2) is 22.0 Å². The number of halogens is 2. The number of cyclic esters (lactones) is 1. The molecule has 2 heterocycles. The van der Waals surface area contributed by atoms with Crippen LogP contribution in [0.1, 0.15) is 24.0 Å². The number of piperidine rings is 1. The van der Waals surface area contributed by atoms with Gasteiger partial charge in [-0.3, -0.25) is 4.90 Å². The van der Waals surface area contributed by atoms with Crippen LogP contribution in [-0.2, 0) is 21.4 Å². The predicted octanol–water partition coefficient (Wildman–Crippen LogP) is 3.58. The minimum absolute atomic E-state index is 0.0474. The first-order valence-corrected chi connectivity index (χ1v) is 10.7. The van der Waals surface area contributed by atoms with E-state index in [1.807, 2.05) is 25.1 Å². The van der Waals surface area contributed by atoms with Crippen molar-refractivity contribution in [3.05, 3.63) is 59.2 Å². The second kappa shape index (κ2) is 7.38. The van der Waals surface area contributed by atoms with Crippen LogP contribution in [-0.4, -0.2) is 37.9 Å². The molecule has 9 heteroatoms. The molecule has 1 amide bonds. The van der Waals surface area contributed by atoms with Crippen molar-refractivity contribution in [2.24, 2.45) is 0 Å². The van der Waals surface area contributed by atoms with Gasteiger partial charge in [0.25, 0.3) is 0 Å². The van der Waals surface area contributed by atoms with Crippen LogP contribution in [0.4, 0.5) is 19.3 Å². The normalized spacial score (nSPS) is 18.4. The summed E-state index contributed by atoms with van der Waals surface area (Å²) in [6, 6.07) is 8.43. The fourth-order valence-corrected chi connectivity index (χ4v) is 5.50. The number of amides is 1. The summed E-state index contributed by atoms with van der Waals surface area (Å²) in [4.78, 5) is 13.0. The molecular weight excluding hydrogens is 402 g/mol. The van der Waals surface area contributed by atoms with Crippen molar-refractivity contribution < 1.29 is 26.7 Å². The summed E-state index contributed by atoms with van der Waals surface area (Å²) < 4.78 is 59.9. The Hall–Kier alpha value is -2.52. The van der Waals surface area contributed by atoms with Gasteiger partial charge in [0.05, 0.1) is 5.69 Å². The lowest BCUT2D eigenvalue weighted by atomic mass is 10.0. The molecule has 0 N–H and O–H groups in total. The van der Waals surface area contributed by atoms with Crippen LogP contribution in [0.3, 0.4) is 0 Å². The number of benzene rings is 2. The van der Waals surface area contributed by atoms with Crippen molar-refractivity contribution in [2.75, 3.05) is 18.0 Å². The highest BCUT2D eigenvalue weighted by Gasteiger charge is 2.38. The van der Waals surface area contributed by atoms with Gasteiger partial charge in [0.1, 0.15) is 18.2 Å². The zero-order valence-corrected chi connectivity index (χ0v) is 16.6. The first kappa shape index (κ1) is 19.8. The molecule has 2 aromatic rings. The molecule has 0 unspecified atom stereocenters. The molecule has 1 saturated heterocycles. The number of hydrogen-bond acceptors (Lipinski definition) is 4. The van der Waals surface area contributed by atoms with E-state index in [1.54, 1.807) is 4.90 Å². The van der Waals surface area contributed by atoms with Gasteiger partial charge >= 0.3 is 6.09 Å². The van der Waals surface area contributed by atoms with Crippen molar-refractivity contribution in [3.8, 4) is 0 Å². The summed E-state index contributed by atoms with van der Waals surface area (Å²) in [5.41, 5.74) is 2.70. The number of carbonyl (C=O) groups is 1. The first-order valence-electron chi connectivity index (χ1n) is 9.28. The fraction of sp³-hybridized carbons (Fsp3) is 0.350. The summed E-state index contributed by atoms with van der Waals surface area (Å²) >= 11 is 0. The molecule has 0 aliphatic carbocycles. The van der Waals surface area contributed by atoms with E-state index in [9.17, 15) is 22.0 Å². The summed E-state index contributed by atoms with van der Waals surface area (Å²) in [6.45, 7) is 2.25. The first-order chi connectivity index (χ1) is 13.8. The number of nitrogens with zero attached hydrogens (tertiary/aromatic N) is 2. The topological polar surface area (TPSA) is 66.9 Å². The van der Waals surface area contributed by atoms with Crippen molar-refractivity contribution >= 4 is 21.8 Å². The molecule has 0 aromatic heterocycles. The van der Waals surface area contributed by atoms with E-state index in [1.165, 1.54) is 0 Å². The molecule has 1 fully saturated rings. The monoisotopic (exact) mass is 422 g/mol. The molecule has 0 spiro atoms. The summed E-state index contributed by atoms with van der Waals surface area (Å²) in [5.74, 6) is -2.23. The maximum absolute atomic E-state index is 14.0. The Morgan fingerprint density at radius 2 is 1.72 bits per heavy atom. The maximum atomic E-state index is 14.0. The number of rotatable bonds is 3. The zero-order valence-electron chi connectivity index (χ0n) is 15.8. The van der Waals surface area contributed by atoms with Crippen LogP contribution in [0, 0.1) is 18.6 Å². The average Bonchev–Trinajstić information content (AvgIpc) is 2.68. The van der Waals surface area contributed by atoms with Crippen molar-refractivity contribution in [1.82, 2.24) is 4.31 Å². The molecule has 0 bridgehead atoms. The highest BCUT2D eigenvalue weighted by Crippen LogP contribution is 2.34. The van der Waals surface area contributed by atoms with Crippen molar-refractivity contribution in [1.29, 1.82) is 0 Å². The SMILES string of the molecule is Cc1ccc2c(c1)COC(=O)N2C1CCN(S(=O)(=O)c2c(F)cccc2F)CC1. The Balaban J connectivity index is 1.55. The smallest absolute Gasteiger partial charge is 0.414 e. The molecule has 2 aromatic carbocycles. The Kier molecular flexibility index (Phi) is 5.04. The predicted molar refractivity (Wildman–Crippen MR) is 102 cm³/mol. The Bertz CT molecular complexity index is 1050. The molecule has 4 rings (SSSR count). The van der Waals surface area contributed by atoms with Gasteiger partial charge in [-0.2, -0.15) is 4.31 Å². The molecule has 6 nitrogen and oxygen atoms in total. The van der Waals surface area contributed by atoms with Crippen LogP contribution >= 0.6 is 0 Å². The second-order valence-corrected chi connectivity index (χ2v) is 9.12. The summed E-state index contributed by atoms with van der Waals surface area (Å²) in [7, 11) is -4.31. The number of hydrogen-bond donors (Lipinski definition) is 0. The van der Waals surface area contributed by atoms with Crippen LogP contribution in [0.25, 0.3) is 0 Å². The Labute approximate surface area is 167 Å². The van der Waals surface area contributed by atoms with Gasteiger partial charge < -0.3 is 4.74 Å². The molecule has 0 radical (unpaired) electrons. The van der Waals surface area contributed by atoms with Gasteiger partial charge in [0.15, 0.2) is 4.90 Å². The van der Waals surface area contributed by atoms with Gasteiger partial charge in [-0.15, -0.1) is 0 Å². The number of fused-ring (bicyclic) bond motifs is 1. The number of ether oxygens (including phenoxy) is 1. The van der Waals surface area contributed by atoms with E-state index < -0.39 is 32.6 Å². The van der Waals surface area contributed by atoms with Gasteiger partial charge in [-0.1, -0.05) is 23.8 Å². The lowest BCUT2D eigenvalue weighted by Crippen LogP contribution is -2.50. The third kappa shape index (κ3) is 3.49. The van der Waals surface area contributed by atoms with Crippen LogP contribution in [0.15, 0.2) is 41.3 Å². The van der Waals surface area contributed by atoms with Gasteiger partial charge in [-0.05, 0) is 38.0 Å². The quantitative estimate of drug-likeness (QED) is 0.758. The third-order valence-electron chi connectivity index (χ3n) is 5.35. The molecule has 154 valence electrons. The molecule has 29 heavy (non-hydrogen) atoms. The minimum Gasteiger partial charge on any atom is -0.444 e. The lowest BCUT2D eigenvalue weighted by Gasteiger charge is -2.39. The van der Waals surface area contributed by atoms with E-state index in [0.29, 0.717) is 12.8 Å². The van der Waals surface area contributed by atoms with E-state index in [-0.39, 0.29) is 25.7 Å². The number of sulfonamides is 1. The Morgan fingerprint density at radius 1 is 1.07 bits per heavy atom. The lowest BCUT2D eigenvalue weighted by molar-refractivity contribution is 0.135. The maximum Gasteiger partial charge on any atom is 0.414 e. The summed E-state index contributed by atoms with van der Waals surface area (Å²) in [5, 5.41) is 0. The molecule has 0 atom stereocenters. The number of aryl methyl sites for hydroxylation is 1. The van der Waals surface area contributed by atoms with Crippen LogP contribution < -0.4 is 4.90 Å². The molecule has 0 saturated carbocycles. The Morgan fingerprint density at radius 3 is 2.38 bits per heavy atom. The standard InChI is InChI=1S/C20H20F2N2O4S/c1-13-5-6-18-14(11-13)12-28-20(25)24(18)15-7-9-23(10-8-15)29(26,27)19-16(21)3-2-4-17(19)22/h2-6,11,15H,7-10,12H2,1H3. The number of carbonyl (C=O) groups excluding carboxylic acids is 1. The van der Waals surface area contributed by atoms with Crippen LogP contribution in [0.2, 0.25) is 0 Å². The average molecular weight is 422 g/mol. The molecule has 2 aliphatic rings. The largest absolute Gasteiger partial charge is 0.444 e. The van der Waals surface area contributed by atoms with Crippen molar-refractivity contribution in [3.63, 3.8) is 0 Å². The van der Waals surface area contributed by atoms with E-state index in [2.05, 4.69) is 0 Å². The van der Waals surface area contributed by atoms with E-state index in [0.717, 1.165) is 39.3 Å². The molecular formula is C20H20F2N2O4S. The third-order valence-corrected chi connectivity index (χ3v) is 7.30. The zero-order chi connectivity index (χ0) is 20.8. The van der Waals surface area contributed by atoms with Crippen LogP contribution in [0.5, 0.6) is 0 Å². The molecule has 2 aliphatic heterocycles. The van der Waals surface area contributed by atoms with Crippen molar-refractivity contribution in [2.45, 2.75) is 37.3 Å². The summed E-state index contributed by atoms with van der Waals surface area (Å²) in [6.07, 6.45) is 0.193. The van der Waals surface area contributed by atoms with Gasteiger partial charge in [0, 0.05) is 24.7 Å². The van der Waals surface area contributed by atoms with E-state index >= 15 is 0 Å². The number of anilines is 1. The minimum atomic E-state index is -4.31. The highest BCUT2D eigenvalue weighted by molar-refractivity contribution is 7.89. The van der Waals surface area contributed by atoms with E-state index in [4.69, 9.17) is 4.74 Å². The highest BCUT2D eigenvalue weighted by atomic mass is 32.2.